The third-order valence-electron chi connectivity index (χ3n) is 0.832. The quantitative estimate of drug-likeness (QED) is 0.348. The lowest BCUT2D eigenvalue weighted by atomic mass is 10.2. The molecule has 0 spiro atoms. The Labute approximate surface area is 98.8 Å². The van der Waals surface area contributed by atoms with Crippen LogP contribution >= 0.6 is 0 Å². The molecule has 0 saturated carbocycles. The molecule has 0 bridgehead atoms. The summed E-state index contributed by atoms with van der Waals surface area (Å²) in [5, 5.41) is 0. The second-order valence-electron chi connectivity index (χ2n) is 1.79. The van der Waals surface area contributed by atoms with Crippen molar-refractivity contribution in [2.45, 2.75) is 0 Å². The van der Waals surface area contributed by atoms with Crippen molar-refractivity contribution in [1.82, 2.24) is 0 Å². The van der Waals surface area contributed by atoms with Crippen LogP contribution in [0.25, 0.3) is 0 Å². The summed E-state index contributed by atoms with van der Waals surface area (Å²) < 4.78 is 0. The van der Waals surface area contributed by atoms with Crippen LogP contribution in [0.2, 0.25) is 0 Å². The zero-order valence-electron chi connectivity index (χ0n) is 8.15. The molecule has 0 aromatic rings. The van der Waals surface area contributed by atoms with Crippen molar-refractivity contribution in [2.24, 2.45) is 0 Å². The fourth-order valence-electron chi connectivity index (χ4n) is 0.385. The summed E-state index contributed by atoms with van der Waals surface area (Å²) in [6.07, 6.45) is 0. The number of rotatable bonds is 0. The van der Waals surface area contributed by atoms with E-state index >= 15 is 0 Å². The molecule has 0 unspecified atom stereocenters. The Kier molecular flexibility index (Phi) is 9.83. The Morgan fingerprint density at radius 3 is 0.688 bits per heavy atom. The van der Waals surface area contributed by atoms with Crippen LogP contribution < -0.4 is 0 Å². The minimum absolute atomic E-state index is 2.12. The van der Waals surface area contributed by atoms with Gasteiger partial charge in [-0.1, -0.05) is 0 Å². The minimum atomic E-state index is 2.12. The predicted molar refractivity (Wildman–Crippen MR) is 65.9 cm³/mol. The summed E-state index contributed by atoms with van der Waals surface area (Å²) in [4.78, 5) is 0. The van der Waals surface area contributed by atoms with Gasteiger partial charge in [-0.15, -0.1) is 0 Å². The molecule has 4 radical (unpaired) electrons. The Morgan fingerprint density at radius 1 is 0.312 bits per heavy atom. The van der Waals surface area contributed by atoms with Gasteiger partial charge in [0.15, 0.2) is 15.7 Å². The van der Waals surface area contributed by atoms with E-state index < -0.39 is 0 Å². The Balaban J connectivity index is 4.23. The maximum absolute atomic E-state index is 4.87. The largest absolute Gasteiger partial charge is 0.189 e. The fourth-order valence-corrected chi connectivity index (χ4v) is 0.385. The van der Waals surface area contributed by atoms with Gasteiger partial charge in [-0.05, 0) is 71.0 Å². The van der Waals surface area contributed by atoms with Crippen molar-refractivity contribution in [2.75, 3.05) is 0 Å². The summed E-state index contributed by atoms with van der Waals surface area (Å²) in [5.41, 5.74) is 0. The Hall–Kier alpha value is -2.95. The van der Waals surface area contributed by atoms with Gasteiger partial charge in [0.05, 0.1) is 0 Å². The second-order valence-corrected chi connectivity index (χ2v) is 1.79. The van der Waals surface area contributed by atoms with Crippen LogP contribution in [-0.4, -0.2) is 15.7 Å². The van der Waals surface area contributed by atoms with Crippen LogP contribution in [0.5, 0.6) is 0 Å². The lowest BCUT2D eigenvalue weighted by Gasteiger charge is -1.56. The van der Waals surface area contributed by atoms with E-state index in [0.717, 1.165) is 0 Å². The van der Waals surface area contributed by atoms with E-state index in [1.165, 1.54) is 0 Å². The van der Waals surface area contributed by atoms with Crippen LogP contribution in [-0.2, 0) is 0 Å². The molecule has 0 aliphatic heterocycles. The number of hydrogen-bond acceptors (Lipinski definition) is 0. The first kappa shape index (κ1) is 13.0. The van der Waals surface area contributed by atoms with E-state index in [-0.39, 0.29) is 0 Å². The molecule has 0 aliphatic rings. The molecule has 0 aromatic carbocycles. The molecule has 0 N–H and O–H groups in total. The average molecular weight is 190 g/mol. The third-order valence-corrected chi connectivity index (χ3v) is 0.832. The molecular weight excluding hydrogens is 190 g/mol. The molecule has 0 heterocycles. The first-order valence-corrected chi connectivity index (χ1v) is 3.83. The fraction of sp³-hybridized carbons (Fsp3) is 0. The predicted octanol–water partition coefficient (Wildman–Crippen LogP) is -0.738. The van der Waals surface area contributed by atoms with Gasteiger partial charge in [-0.3, -0.25) is 0 Å². The highest BCUT2D eigenvalue weighted by Crippen LogP contribution is 1.56. The van der Waals surface area contributed by atoms with Crippen molar-refractivity contribution in [3.8, 4) is 82.7 Å². The molecule has 0 atom stereocenters. The molecular formula is C14B2. The molecule has 0 amide bonds. The zero-order chi connectivity index (χ0) is 11.9. The molecule has 0 saturated heterocycles. The Bertz CT molecular complexity index is 602. The van der Waals surface area contributed by atoms with Gasteiger partial charge >= 0.3 is 0 Å². The summed E-state index contributed by atoms with van der Waals surface area (Å²) in [6.45, 7) is 0. The highest BCUT2D eigenvalue weighted by molar-refractivity contribution is 6.22. The van der Waals surface area contributed by atoms with Crippen molar-refractivity contribution in [3.05, 3.63) is 0 Å². The van der Waals surface area contributed by atoms with Crippen LogP contribution in [0.3, 0.4) is 0 Å². The van der Waals surface area contributed by atoms with E-state index in [1.54, 1.807) is 0 Å². The minimum Gasteiger partial charge on any atom is -0.158 e. The van der Waals surface area contributed by atoms with Gasteiger partial charge in [0.2, 0.25) is 0 Å². The van der Waals surface area contributed by atoms with Gasteiger partial charge in [0, 0.05) is 0 Å². The van der Waals surface area contributed by atoms with Crippen LogP contribution in [0.4, 0.5) is 0 Å². The standard InChI is InChI=1S/C14B2/c15-13-11-9-7-5-3-1-2-4-6-8-10-12-14-16. The first-order valence-electron chi connectivity index (χ1n) is 3.83. The maximum Gasteiger partial charge on any atom is 0.189 e. The third kappa shape index (κ3) is 11.0. The molecule has 0 aromatic heterocycles. The molecule has 62 valence electrons. The van der Waals surface area contributed by atoms with Crippen LogP contribution in [0.1, 0.15) is 0 Å². The molecule has 16 heavy (non-hydrogen) atoms. The van der Waals surface area contributed by atoms with E-state index in [4.69, 9.17) is 15.7 Å². The summed E-state index contributed by atoms with van der Waals surface area (Å²) in [6, 6.07) is 0. The highest BCUT2D eigenvalue weighted by Gasteiger charge is 1.56. The summed E-state index contributed by atoms with van der Waals surface area (Å²) in [5.74, 6) is 33.3. The molecule has 0 fully saturated rings. The van der Waals surface area contributed by atoms with Gasteiger partial charge in [0.25, 0.3) is 0 Å². The van der Waals surface area contributed by atoms with E-state index in [9.17, 15) is 0 Å². The monoisotopic (exact) mass is 190 g/mol. The first-order chi connectivity index (χ1) is 7.91. The molecule has 0 aliphatic carbocycles. The number of hydrogen-bond donors (Lipinski definition) is 0. The average Bonchev–Trinajstić information content (AvgIpc) is 2.31. The van der Waals surface area contributed by atoms with Gasteiger partial charge in [-0.2, -0.15) is 11.6 Å². The SMILES string of the molecule is [B]C#CC#CC#CC#CC#CC#CC#C[B]. The van der Waals surface area contributed by atoms with Gasteiger partial charge < -0.3 is 0 Å². The molecule has 0 rings (SSSR count). The van der Waals surface area contributed by atoms with E-state index in [2.05, 4.69) is 82.7 Å². The normalized spacial score (nSPS) is 3.75. The smallest absolute Gasteiger partial charge is 0.158 e. The molecule has 0 nitrogen and oxygen atoms in total. The van der Waals surface area contributed by atoms with E-state index in [0.29, 0.717) is 0 Å². The van der Waals surface area contributed by atoms with Crippen LogP contribution in [0.15, 0.2) is 0 Å². The zero-order valence-corrected chi connectivity index (χ0v) is 8.15. The highest BCUT2D eigenvalue weighted by atomic mass is 13.6. The van der Waals surface area contributed by atoms with Crippen molar-refractivity contribution in [3.63, 3.8) is 0 Å². The van der Waals surface area contributed by atoms with Gasteiger partial charge in [0.1, 0.15) is 0 Å². The van der Waals surface area contributed by atoms with Gasteiger partial charge in [-0.25, -0.2) is 0 Å². The van der Waals surface area contributed by atoms with Crippen molar-refractivity contribution < 1.29 is 0 Å². The Morgan fingerprint density at radius 2 is 0.500 bits per heavy atom. The summed E-state index contributed by atoms with van der Waals surface area (Å²) in [7, 11) is 9.74. The van der Waals surface area contributed by atoms with Crippen LogP contribution in [0, 0.1) is 82.7 Å². The second kappa shape index (κ2) is 12.0. The summed E-state index contributed by atoms with van der Waals surface area (Å²) >= 11 is 0. The molecule has 2 heteroatoms. The maximum atomic E-state index is 4.87. The topological polar surface area (TPSA) is 0 Å². The van der Waals surface area contributed by atoms with E-state index in [1.807, 2.05) is 0 Å². The lowest BCUT2D eigenvalue weighted by molar-refractivity contribution is 2.34. The van der Waals surface area contributed by atoms with Crippen molar-refractivity contribution in [1.29, 1.82) is 0 Å². The van der Waals surface area contributed by atoms with Crippen molar-refractivity contribution >= 4 is 15.7 Å². The lowest BCUT2D eigenvalue weighted by Crippen LogP contribution is -1.56.